The Morgan fingerprint density at radius 3 is 2.20 bits per heavy atom. The van der Waals surface area contributed by atoms with E-state index in [0.29, 0.717) is 22.7 Å². The average Bonchev–Trinajstić information content (AvgIpc) is 3.25. The van der Waals surface area contributed by atoms with Crippen molar-refractivity contribution in [3.05, 3.63) is 93.5 Å². The van der Waals surface area contributed by atoms with E-state index in [1.807, 2.05) is 19.9 Å². The van der Waals surface area contributed by atoms with E-state index in [1.54, 1.807) is 49.3 Å². The SMILES string of the molecule is COC(=O)C1=C(C)N(c2ccc(OC)cc2)C(=O)/C1=C\c1cc(C)n(-c2ccc(C)cc2C)c1C. The molecule has 1 amide bonds. The number of benzene rings is 2. The number of nitrogens with zero attached hydrogens (tertiary/aromatic N) is 2. The van der Waals surface area contributed by atoms with Gasteiger partial charge < -0.3 is 14.0 Å². The lowest BCUT2D eigenvalue weighted by molar-refractivity contribution is -0.136. The van der Waals surface area contributed by atoms with Gasteiger partial charge in [-0.3, -0.25) is 9.69 Å². The summed E-state index contributed by atoms with van der Waals surface area (Å²) in [5, 5.41) is 0. The highest BCUT2D eigenvalue weighted by Crippen LogP contribution is 2.37. The molecule has 0 unspecified atom stereocenters. The quantitative estimate of drug-likeness (QED) is 0.360. The van der Waals surface area contributed by atoms with Gasteiger partial charge in [-0.15, -0.1) is 0 Å². The molecule has 0 bridgehead atoms. The lowest BCUT2D eigenvalue weighted by Crippen LogP contribution is -2.24. The van der Waals surface area contributed by atoms with Crippen LogP contribution in [0, 0.1) is 27.7 Å². The molecule has 0 N–H and O–H groups in total. The number of carbonyl (C=O) groups excluding carboxylic acids is 2. The van der Waals surface area contributed by atoms with Crippen LogP contribution in [0.5, 0.6) is 5.75 Å². The second-order valence-corrected chi connectivity index (χ2v) is 8.80. The molecule has 3 aromatic rings. The Balaban J connectivity index is 1.84. The summed E-state index contributed by atoms with van der Waals surface area (Å²) < 4.78 is 12.5. The Kier molecular flexibility index (Phi) is 6.39. The Labute approximate surface area is 206 Å². The molecule has 0 fully saturated rings. The number of ether oxygens (including phenoxy) is 2. The second kappa shape index (κ2) is 9.29. The zero-order chi connectivity index (χ0) is 25.4. The summed E-state index contributed by atoms with van der Waals surface area (Å²) in [6.45, 7) is 9.98. The van der Waals surface area contributed by atoms with Crippen LogP contribution < -0.4 is 9.64 Å². The molecule has 35 heavy (non-hydrogen) atoms. The maximum Gasteiger partial charge on any atom is 0.340 e. The summed E-state index contributed by atoms with van der Waals surface area (Å²) in [4.78, 5) is 28.0. The fraction of sp³-hybridized carbons (Fsp3) is 0.241. The molecule has 0 aliphatic carbocycles. The maximum atomic E-state index is 13.6. The van der Waals surface area contributed by atoms with Crippen molar-refractivity contribution in [3.63, 3.8) is 0 Å². The van der Waals surface area contributed by atoms with Crippen molar-refractivity contribution in [2.24, 2.45) is 0 Å². The lowest BCUT2D eigenvalue weighted by Gasteiger charge is -2.18. The van der Waals surface area contributed by atoms with Gasteiger partial charge in [0.1, 0.15) is 5.75 Å². The topological polar surface area (TPSA) is 60.8 Å². The number of hydrogen-bond acceptors (Lipinski definition) is 4. The lowest BCUT2D eigenvalue weighted by atomic mass is 10.0. The minimum absolute atomic E-state index is 0.268. The smallest absolute Gasteiger partial charge is 0.340 e. The Hall–Kier alpha value is -4.06. The summed E-state index contributed by atoms with van der Waals surface area (Å²) in [7, 11) is 2.92. The number of methoxy groups -OCH3 is 2. The maximum absolute atomic E-state index is 13.6. The van der Waals surface area contributed by atoms with Crippen LogP contribution in [-0.4, -0.2) is 30.7 Å². The summed E-state index contributed by atoms with van der Waals surface area (Å²) in [5.41, 5.74) is 8.12. The molecule has 6 nitrogen and oxygen atoms in total. The first-order valence-electron chi connectivity index (χ1n) is 11.4. The highest BCUT2D eigenvalue weighted by molar-refractivity contribution is 6.23. The summed E-state index contributed by atoms with van der Waals surface area (Å²) in [6, 6.07) is 15.6. The number of allylic oxidation sites excluding steroid dienone is 1. The predicted octanol–water partition coefficient (Wildman–Crippen LogP) is 5.60. The van der Waals surface area contributed by atoms with Gasteiger partial charge in [0.05, 0.1) is 25.4 Å². The van der Waals surface area contributed by atoms with Crippen molar-refractivity contribution in [1.82, 2.24) is 4.57 Å². The molecule has 0 radical (unpaired) electrons. The first kappa shape index (κ1) is 24.1. The molecule has 1 aromatic heterocycles. The fourth-order valence-corrected chi connectivity index (χ4v) is 4.74. The summed E-state index contributed by atoms with van der Waals surface area (Å²) in [6.07, 6.45) is 1.80. The van der Waals surface area contributed by atoms with Gasteiger partial charge in [0.15, 0.2) is 0 Å². The zero-order valence-corrected chi connectivity index (χ0v) is 21.2. The van der Waals surface area contributed by atoms with E-state index >= 15 is 0 Å². The van der Waals surface area contributed by atoms with Crippen molar-refractivity contribution in [3.8, 4) is 11.4 Å². The molecular formula is C29H30N2O4. The highest BCUT2D eigenvalue weighted by Gasteiger charge is 2.38. The Morgan fingerprint density at radius 1 is 0.914 bits per heavy atom. The molecule has 0 atom stereocenters. The van der Waals surface area contributed by atoms with Crippen LogP contribution in [0.4, 0.5) is 5.69 Å². The van der Waals surface area contributed by atoms with E-state index in [0.717, 1.165) is 22.6 Å². The van der Waals surface area contributed by atoms with Crippen molar-refractivity contribution in [2.75, 3.05) is 19.1 Å². The molecule has 0 saturated heterocycles. The first-order valence-corrected chi connectivity index (χ1v) is 11.4. The monoisotopic (exact) mass is 470 g/mol. The van der Waals surface area contributed by atoms with E-state index in [4.69, 9.17) is 9.47 Å². The predicted molar refractivity (Wildman–Crippen MR) is 138 cm³/mol. The molecule has 1 aliphatic rings. The normalized spacial score (nSPS) is 14.8. The minimum Gasteiger partial charge on any atom is -0.497 e. The third-order valence-corrected chi connectivity index (χ3v) is 6.48. The van der Waals surface area contributed by atoms with Crippen molar-refractivity contribution in [1.29, 1.82) is 0 Å². The second-order valence-electron chi connectivity index (χ2n) is 8.80. The van der Waals surface area contributed by atoms with Crippen LogP contribution in [0.2, 0.25) is 0 Å². The molecule has 6 heteroatoms. The number of esters is 1. The number of rotatable bonds is 5. The van der Waals surface area contributed by atoms with Crippen LogP contribution in [-0.2, 0) is 14.3 Å². The highest BCUT2D eigenvalue weighted by atomic mass is 16.5. The van der Waals surface area contributed by atoms with Crippen molar-refractivity contribution < 1.29 is 19.1 Å². The number of aryl methyl sites for hydroxylation is 3. The number of amides is 1. The van der Waals surface area contributed by atoms with Crippen molar-refractivity contribution >= 4 is 23.6 Å². The first-order chi connectivity index (χ1) is 16.7. The van der Waals surface area contributed by atoms with Crippen LogP contribution in [0.15, 0.2) is 65.4 Å². The van der Waals surface area contributed by atoms with Gasteiger partial charge in [0.25, 0.3) is 5.91 Å². The molecule has 2 heterocycles. The molecular weight excluding hydrogens is 440 g/mol. The van der Waals surface area contributed by atoms with E-state index in [1.165, 1.54) is 18.2 Å². The van der Waals surface area contributed by atoms with Crippen LogP contribution in [0.3, 0.4) is 0 Å². The summed E-state index contributed by atoms with van der Waals surface area (Å²) in [5.74, 6) is -0.129. The largest absolute Gasteiger partial charge is 0.497 e. The van der Waals surface area contributed by atoms with Crippen molar-refractivity contribution in [2.45, 2.75) is 34.6 Å². The van der Waals surface area contributed by atoms with Gasteiger partial charge in [0, 0.05) is 28.5 Å². The number of anilines is 1. The molecule has 0 spiro atoms. The number of hydrogen-bond donors (Lipinski definition) is 0. The number of aromatic nitrogens is 1. The van der Waals surface area contributed by atoms with Crippen LogP contribution in [0.25, 0.3) is 11.8 Å². The third kappa shape index (κ3) is 4.16. The molecule has 0 saturated carbocycles. The molecule has 4 rings (SSSR count). The third-order valence-electron chi connectivity index (χ3n) is 6.48. The minimum atomic E-state index is -0.540. The average molecular weight is 471 g/mol. The molecule has 1 aliphatic heterocycles. The van der Waals surface area contributed by atoms with E-state index in [9.17, 15) is 9.59 Å². The van der Waals surface area contributed by atoms with Gasteiger partial charge in [-0.05, 0) is 88.2 Å². The zero-order valence-electron chi connectivity index (χ0n) is 21.2. The van der Waals surface area contributed by atoms with E-state index < -0.39 is 5.97 Å². The van der Waals surface area contributed by atoms with Crippen LogP contribution in [0.1, 0.15) is 35.0 Å². The standard InChI is InChI=1S/C29H30N2O4/c1-17-8-13-26(18(2)14-17)30-19(3)15-22(20(30)4)16-25-27(29(33)35-7)21(5)31(28(25)32)23-9-11-24(34-6)12-10-23/h8-16H,1-7H3/b25-16-. The van der Waals surface area contributed by atoms with E-state index in [-0.39, 0.29) is 11.5 Å². The summed E-state index contributed by atoms with van der Waals surface area (Å²) >= 11 is 0. The Bertz CT molecular complexity index is 1390. The van der Waals surface area contributed by atoms with Gasteiger partial charge >= 0.3 is 5.97 Å². The van der Waals surface area contributed by atoms with Gasteiger partial charge in [-0.1, -0.05) is 17.7 Å². The van der Waals surface area contributed by atoms with Gasteiger partial charge in [-0.25, -0.2) is 4.79 Å². The molecule has 180 valence electrons. The van der Waals surface area contributed by atoms with Crippen LogP contribution >= 0.6 is 0 Å². The Morgan fingerprint density at radius 2 is 1.60 bits per heavy atom. The van der Waals surface area contributed by atoms with E-state index in [2.05, 4.69) is 36.6 Å². The fourth-order valence-electron chi connectivity index (χ4n) is 4.74. The van der Waals surface area contributed by atoms with Gasteiger partial charge in [0.2, 0.25) is 0 Å². The number of carbonyl (C=O) groups is 2. The molecule has 2 aromatic carbocycles. The van der Waals surface area contributed by atoms with Gasteiger partial charge in [-0.2, -0.15) is 0 Å².